The first-order chi connectivity index (χ1) is 9.88. The predicted molar refractivity (Wildman–Crippen MR) is 74.1 cm³/mol. The summed E-state index contributed by atoms with van der Waals surface area (Å²) in [5, 5.41) is 2.96. The molecule has 0 heterocycles. The number of alkyl halides is 3. The normalized spacial score (nSPS) is 11.2. The van der Waals surface area contributed by atoms with Crippen LogP contribution in [0.5, 0.6) is 0 Å². The molecule has 2 aromatic rings. The molecule has 6 heteroatoms. The zero-order valence-electron chi connectivity index (χ0n) is 10.7. The molecule has 0 aliphatic heterocycles. The van der Waals surface area contributed by atoms with Crippen molar-refractivity contribution in [1.82, 2.24) is 5.32 Å². The molecule has 1 N–H and O–H groups in total. The fraction of sp³-hybridized carbons (Fsp3) is 0.133. The Morgan fingerprint density at radius 2 is 1.81 bits per heavy atom. The summed E-state index contributed by atoms with van der Waals surface area (Å²) in [6.45, 7) is 0.103. The molecular formula is C15H11ClF3NO. The van der Waals surface area contributed by atoms with E-state index < -0.39 is 23.2 Å². The third-order valence-electron chi connectivity index (χ3n) is 2.82. The van der Waals surface area contributed by atoms with Gasteiger partial charge in [-0.15, -0.1) is 0 Å². The Bertz CT molecular complexity index is 655. The Labute approximate surface area is 124 Å². The van der Waals surface area contributed by atoms with Crippen LogP contribution in [0.2, 0.25) is 5.02 Å². The van der Waals surface area contributed by atoms with Gasteiger partial charge in [0, 0.05) is 11.6 Å². The van der Waals surface area contributed by atoms with Gasteiger partial charge in [-0.2, -0.15) is 13.2 Å². The van der Waals surface area contributed by atoms with Gasteiger partial charge >= 0.3 is 6.18 Å². The van der Waals surface area contributed by atoms with Gasteiger partial charge in [-0.3, -0.25) is 4.79 Å². The monoisotopic (exact) mass is 313 g/mol. The zero-order chi connectivity index (χ0) is 15.5. The van der Waals surface area contributed by atoms with Crippen LogP contribution in [-0.4, -0.2) is 5.91 Å². The highest BCUT2D eigenvalue weighted by molar-refractivity contribution is 6.30. The minimum absolute atomic E-state index is 0.103. The lowest BCUT2D eigenvalue weighted by Gasteiger charge is -2.12. The van der Waals surface area contributed by atoms with Crippen molar-refractivity contribution in [2.24, 2.45) is 0 Å². The van der Waals surface area contributed by atoms with Crippen molar-refractivity contribution in [3.63, 3.8) is 0 Å². The van der Waals surface area contributed by atoms with E-state index in [1.165, 1.54) is 12.1 Å². The number of hydrogen-bond acceptors (Lipinski definition) is 1. The van der Waals surface area contributed by atoms with Gasteiger partial charge in [0.2, 0.25) is 0 Å². The first-order valence-corrected chi connectivity index (χ1v) is 6.44. The average molecular weight is 314 g/mol. The fourth-order valence-electron chi connectivity index (χ4n) is 1.85. The number of amides is 1. The lowest BCUT2D eigenvalue weighted by atomic mass is 10.1. The van der Waals surface area contributed by atoms with Crippen molar-refractivity contribution in [3.05, 3.63) is 70.2 Å². The van der Waals surface area contributed by atoms with Gasteiger partial charge in [0.05, 0.1) is 11.1 Å². The van der Waals surface area contributed by atoms with Crippen LogP contribution in [0.3, 0.4) is 0 Å². The molecule has 0 saturated heterocycles. The summed E-state index contributed by atoms with van der Waals surface area (Å²) in [5.41, 5.74) is -0.638. The summed E-state index contributed by atoms with van der Waals surface area (Å²) in [7, 11) is 0. The second-order valence-electron chi connectivity index (χ2n) is 4.36. The van der Waals surface area contributed by atoms with Crippen LogP contribution in [-0.2, 0) is 12.7 Å². The number of benzene rings is 2. The molecular weight excluding hydrogens is 303 g/mol. The third kappa shape index (κ3) is 3.98. The molecule has 1 amide bonds. The highest BCUT2D eigenvalue weighted by Crippen LogP contribution is 2.31. The number of hydrogen-bond donors (Lipinski definition) is 1. The van der Waals surface area contributed by atoms with Crippen LogP contribution in [0.4, 0.5) is 13.2 Å². The summed E-state index contributed by atoms with van der Waals surface area (Å²) in [6, 6.07) is 11.4. The van der Waals surface area contributed by atoms with Crippen LogP contribution in [0.25, 0.3) is 0 Å². The fourth-order valence-corrected chi connectivity index (χ4v) is 2.07. The van der Waals surface area contributed by atoms with Crippen LogP contribution < -0.4 is 5.32 Å². The standard InChI is InChI=1S/C15H11ClF3NO/c16-11-5-3-4-10(8-11)9-20-14(21)12-6-1-2-7-13(12)15(17,18)19/h1-8H,9H2,(H,20,21). The molecule has 0 fully saturated rings. The van der Waals surface area contributed by atoms with Gasteiger partial charge in [0.25, 0.3) is 5.91 Å². The number of nitrogens with one attached hydrogen (secondary N) is 1. The van der Waals surface area contributed by atoms with Gasteiger partial charge in [0.1, 0.15) is 0 Å². The minimum Gasteiger partial charge on any atom is -0.348 e. The lowest BCUT2D eigenvalue weighted by Crippen LogP contribution is -2.25. The Balaban J connectivity index is 2.14. The molecule has 2 aromatic carbocycles. The van der Waals surface area contributed by atoms with Gasteiger partial charge in [-0.1, -0.05) is 35.9 Å². The van der Waals surface area contributed by atoms with E-state index in [1.807, 2.05) is 0 Å². The molecule has 0 aromatic heterocycles. The predicted octanol–water partition coefficient (Wildman–Crippen LogP) is 4.29. The van der Waals surface area contributed by atoms with Crippen molar-refractivity contribution >= 4 is 17.5 Å². The lowest BCUT2D eigenvalue weighted by molar-refractivity contribution is -0.137. The van der Waals surface area contributed by atoms with Crippen LogP contribution >= 0.6 is 11.6 Å². The molecule has 0 radical (unpaired) electrons. The van der Waals surface area contributed by atoms with Crippen molar-refractivity contribution in [2.45, 2.75) is 12.7 Å². The number of rotatable bonds is 3. The Hall–Kier alpha value is -2.01. The Kier molecular flexibility index (Phi) is 4.53. The first-order valence-electron chi connectivity index (χ1n) is 6.07. The van der Waals surface area contributed by atoms with Gasteiger partial charge in [-0.25, -0.2) is 0 Å². The summed E-state index contributed by atoms with van der Waals surface area (Å²) < 4.78 is 38.5. The number of carbonyl (C=O) groups excluding carboxylic acids is 1. The SMILES string of the molecule is O=C(NCc1cccc(Cl)c1)c1ccccc1C(F)(F)F. The number of carbonyl (C=O) groups is 1. The zero-order valence-corrected chi connectivity index (χ0v) is 11.5. The van der Waals surface area contributed by atoms with E-state index in [4.69, 9.17) is 11.6 Å². The summed E-state index contributed by atoms with van der Waals surface area (Å²) >= 11 is 5.80. The van der Waals surface area contributed by atoms with E-state index in [1.54, 1.807) is 24.3 Å². The molecule has 2 rings (SSSR count). The maximum atomic E-state index is 12.8. The molecule has 0 atom stereocenters. The highest BCUT2D eigenvalue weighted by Gasteiger charge is 2.34. The van der Waals surface area contributed by atoms with Gasteiger partial charge < -0.3 is 5.32 Å². The van der Waals surface area contributed by atoms with E-state index in [0.717, 1.165) is 12.1 Å². The smallest absolute Gasteiger partial charge is 0.348 e. The van der Waals surface area contributed by atoms with E-state index >= 15 is 0 Å². The minimum atomic E-state index is -4.57. The largest absolute Gasteiger partial charge is 0.417 e. The second-order valence-corrected chi connectivity index (χ2v) is 4.79. The van der Waals surface area contributed by atoms with E-state index in [9.17, 15) is 18.0 Å². The topological polar surface area (TPSA) is 29.1 Å². The molecule has 0 unspecified atom stereocenters. The molecule has 0 bridgehead atoms. The molecule has 2 nitrogen and oxygen atoms in total. The van der Waals surface area contributed by atoms with Crippen molar-refractivity contribution in [1.29, 1.82) is 0 Å². The quantitative estimate of drug-likeness (QED) is 0.900. The Morgan fingerprint density at radius 1 is 1.10 bits per heavy atom. The van der Waals surface area contributed by atoms with E-state index in [0.29, 0.717) is 10.6 Å². The molecule has 0 aliphatic rings. The molecule has 110 valence electrons. The van der Waals surface area contributed by atoms with Crippen LogP contribution in [0.1, 0.15) is 21.5 Å². The maximum absolute atomic E-state index is 12.8. The van der Waals surface area contributed by atoms with Gasteiger partial charge in [-0.05, 0) is 29.8 Å². The first kappa shape index (κ1) is 15.4. The molecule has 21 heavy (non-hydrogen) atoms. The highest BCUT2D eigenvalue weighted by atomic mass is 35.5. The van der Waals surface area contributed by atoms with E-state index in [-0.39, 0.29) is 6.54 Å². The summed E-state index contributed by atoms with van der Waals surface area (Å²) in [4.78, 5) is 11.9. The third-order valence-corrected chi connectivity index (χ3v) is 3.05. The van der Waals surface area contributed by atoms with Crippen LogP contribution in [0.15, 0.2) is 48.5 Å². The van der Waals surface area contributed by atoms with E-state index in [2.05, 4.69) is 5.32 Å². The molecule has 0 aliphatic carbocycles. The number of halogens is 4. The molecule has 0 saturated carbocycles. The maximum Gasteiger partial charge on any atom is 0.417 e. The summed E-state index contributed by atoms with van der Waals surface area (Å²) in [5.74, 6) is -0.775. The Morgan fingerprint density at radius 3 is 2.48 bits per heavy atom. The molecule has 0 spiro atoms. The average Bonchev–Trinajstić information content (AvgIpc) is 2.44. The second kappa shape index (κ2) is 6.18. The van der Waals surface area contributed by atoms with Gasteiger partial charge in [0.15, 0.2) is 0 Å². The summed E-state index contributed by atoms with van der Waals surface area (Å²) in [6.07, 6.45) is -4.57. The van der Waals surface area contributed by atoms with Crippen molar-refractivity contribution in [2.75, 3.05) is 0 Å². The van der Waals surface area contributed by atoms with Crippen LogP contribution in [0, 0.1) is 0 Å². The van der Waals surface area contributed by atoms with Crippen molar-refractivity contribution in [3.8, 4) is 0 Å². The van der Waals surface area contributed by atoms with Crippen molar-refractivity contribution < 1.29 is 18.0 Å².